The Morgan fingerprint density at radius 3 is 2.60 bits per heavy atom. The van der Waals surface area contributed by atoms with Gasteiger partial charge in [0.15, 0.2) is 0 Å². The molecule has 0 atom stereocenters. The molecule has 1 fully saturated rings. The summed E-state index contributed by atoms with van der Waals surface area (Å²) in [4.78, 5) is 18.0. The lowest BCUT2D eigenvalue weighted by Crippen LogP contribution is -2.35. The Labute approximate surface area is 146 Å². The molecule has 3 rings (SSSR count). The fraction of sp³-hybridized carbons (Fsp3) is 0.368. The van der Waals surface area contributed by atoms with E-state index in [0.717, 1.165) is 43.6 Å². The van der Waals surface area contributed by atoms with Gasteiger partial charge in [0.2, 0.25) is 5.95 Å². The minimum absolute atomic E-state index is 0.0718. The van der Waals surface area contributed by atoms with Gasteiger partial charge in [0.1, 0.15) is 5.69 Å². The van der Waals surface area contributed by atoms with Crippen molar-refractivity contribution in [2.45, 2.75) is 32.0 Å². The topological polar surface area (TPSA) is 65.5 Å². The predicted octanol–water partition coefficient (Wildman–Crippen LogP) is 2.11. The smallest absolute Gasteiger partial charge is 0.270 e. The van der Waals surface area contributed by atoms with Crippen LogP contribution in [-0.4, -0.2) is 40.1 Å². The number of nitrogens with zero attached hydrogens (tertiary/aromatic N) is 2. The van der Waals surface area contributed by atoms with Crippen LogP contribution in [-0.2, 0) is 13.1 Å². The van der Waals surface area contributed by atoms with E-state index in [4.69, 9.17) is 0 Å². The van der Waals surface area contributed by atoms with Gasteiger partial charge in [-0.1, -0.05) is 30.3 Å². The van der Waals surface area contributed by atoms with Gasteiger partial charge in [0.05, 0.1) is 6.10 Å². The van der Waals surface area contributed by atoms with Crippen molar-refractivity contribution < 1.29 is 14.3 Å². The quantitative estimate of drug-likeness (QED) is 0.816. The summed E-state index contributed by atoms with van der Waals surface area (Å²) in [5.74, 6) is -1.06. The normalized spacial score (nSPS) is 15.9. The molecule has 2 aromatic rings. The fourth-order valence-corrected chi connectivity index (χ4v) is 3.00. The summed E-state index contributed by atoms with van der Waals surface area (Å²) in [5, 5.41) is 12.4. The first kappa shape index (κ1) is 17.5. The van der Waals surface area contributed by atoms with E-state index in [1.165, 1.54) is 18.2 Å². The van der Waals surface area contributed by atoms with E-state index in [1.807, 2.05) is 24.3 Å². The first-order chi connectivity index (χ1) is 12.1. The number of nitrogens with one attached hydrogen (secondary N) is 1. The first-order valence-electron chi connectivity index (χ1n) is 8.50. The van der Waals surface area contributed by atoms with Gasteiger partial charge in [-0.15, -0.1) is 0 Å². The molecule has 2 heterocycles. The van der Waals surface area contributed by atoms with E-state index in [9.17, 15) is 14.3 Å². The SMILES string of the molecule is O=C(NCc1ccccc1CN1CCC(O)CC1)c1cccc(F)n1. The van der Waals surface area contributed by atoms with Gasteiger partial charge in [0.25, 0.3) is 5.91 Å². The summed E-state index contributed by atoms with van der Waals surface area (Å²) >= 11 is 0. The van der Waals surface area contributed by atoms with Crippen LogP contribution in [0.5, 0.6) is 0 Å². The standard InChI is InChI=1S/C19H22FN3O2/c20-18-7-3-6-17(22-18)19(25)21-12-14-4-1-2-5-15(14)13-23-10-8-16(24)9-11-23/h1-7,16,24H,8-13H2,(H,21,25). The molecule has 1 aromatic carbocycles. The molecule has 1 saturated heterocycles. The number of aliphatic hydroxyl groups is 1. The van der Waals surface area contributed by atoms with Gasteiger partial charge < -0.3 is 10.4 Å². The minimum Gasteiger partial charge on any atom is -0.393 e. The van der Waals surface area contributed by atoms with E-state index < -0.39 is 11.9 Å². The molecule has 6 heteroatoms. The summed E-state index contributed by atoms with van der Waals surface area (Å²) in [6.45, 7) is 2.89. The zero-order valence-electron chi connectivity index (χ0n) is 14.0. The van der Waals surface area contributed by atoms with Crippen LogP contribution in [0.25, 0.3) is 0 Å². The van der Waals surface area contributed by atoms with Crippen LogP contribution >= 0.6 is 0 Å². The van der Waals surface area contributed by atoms with E-state index in [0.29, 0.717) is 6.54 Å². The lowest BCUT2D eigenvalue weighted by molar-refractivity contribution is 0.0790. The number of rotatable bonds is 5. The number of piperidine rings is 1. The molecule has 1 aliphatic rings. The molecule has 0 spiro atoms. The summed E-state index contributed by atoms with van der Waals surface area (Å²) in [6, 6.07) is 12.1. The number of hydrogen-bond acceptors (Lipinski definition) is 4. The van der Waals surface area contributed by atoms with E-state index in [2.05, 4.69) is 15.2 Å². The molecular weight excluding hydrogens is 321 g/mol. The predicted molar refractivity (Wildman–Crippen MR) is 92.3 cm³/mol. The van der Waals surface area contributed by atoms with E-state index in [-0.39, 0.29) is 11.8 Å². The molecule has 132 valence electrons. The van der Waals surface area contributed by atoms with Crippen molar-refractivity contribution in [3.8, 4) is 0 Å². The maximum atomic E-state index is 13.1. The molecule has 25 heavy (non-hydrogen) atoms. The fourth-order valence-electron chi connectivity index (χ4n) is 3.00. The number of carbonyl (C=O) groups excluding carboxylic acids is 1. The van der Waals surface area contributed by atoms with Crippen molar-refractivity contribution in [2.24, 2.45) is 0 Å². The van der Waals surface area contributed by atoms with Crippen molar-refractivity contribution in [3.63, 3.8) is 0 Å². The number of aromatic nitrogens is 1. The molecule has 0 aliphatic carbocycles. The van der Waals surface area contributed by atoms with Crippen LogP contribution in [0, 0.1) is 5.95 Å². The second-order valence-corrected chi connectivity index (χ2v) is 6.30. The first-order valence-corrected chi connectivity index (χ1v) is 8.50. The van der Waals surface area contributed by atoms with Gasteiger partial charge in [-0.05, 0) is 36.1 Å². The van der Waals surface area contributed by atoms with Gasteiger partial charge in [0, 0.05) is 26.2 Å². The number of likely N-dealkylation sites (tertiary alicyclic amines) is 1. The number of aliphatic hydroxyl groups excluding tert-OH is 1. The Kier molecular flexibility index (Phi) is 5.73. The summed E-state index contributed by atoms with van der Waals surface area (Å²) in [5.41, 5.74) is 2.24. The second-order valence-electron chi connectivity index (χ2n) is 6.30. The minimum atomic E-state index is -0.666. The lowest BCUT2D eigenvalue weighted by Gasteiger charge is -2.30. The lowest BCUT2D eigenvalue weighted by atomic mass is 10.0. The summed E-state index contributed by atoms with van der Waals surface area (Å²) in [7, 11) is 0. The molecule has 2 N–H and O–H groups in total. The number of hydrogen-bond donors (Lipinski definition) is 2. The molecule has 1 aromatic heterocycles. The number of amides is 1. The molecule has 0 unspecified atom stereocenters. The third-order valence-corrected chi connectivity index (χ3v) is 4.46. The average molecular weight is 343 g/mol. The second kappa shape index (κ2) is 8.18. The zero-order chi connectivity index (χ0) is 17.6. The molecule has 1 amide bonds. The summed E-state index contributed by atoms with van der Waals surface area (Å²) < 4.78 is 13.1. The summed E-state index contributed by atoms with van der Waals surface area (Å²) in [6.07, 6.45) is 1.40. The van der Waals surface area contributed by atoms with Gasteiger partial charge >= 0.3 is 0 Å². The van der Waals surface area contributed by atoms with Crippen LogP contribution in [0.1, 0.15) is 34.5 Å². The van der Waals surface area contributed by atoms with Crippen molar-refractivity contribution in [1.82, 2.24) is 15.2 Å². The number of carbonyl (C=O) groups is 1. The van der Waals surface area contributed by atoms with Crippen LogP contribution in [0.2, 0.25) is 0 Å². The number of halogens is 1. The molecule has 0 saturated carbocycles. The Hall–Kier alpha value is -2.31. The maximum Gasteiger partial charge on any atom is 0.270 e. The maximum absolute atomic E-state index is 13.1. The van der Waals surface area contributed by atoms with Crippen molar-refractivity contribution in [2.75, 3.05) is 13.1 Å². The average Bonchev–Trinajstić information content (AvgIpc) is 2.62. The molecule has 5 nitrogen and oxygen atoms in total. The monoisotopic (exact) mass is 343 g/mol. The highest BCUT2D eigenvalue weighted by atomic mass is 19.1. The highest BCUT2D eigenvalue weighted by Gasteiger charge is 2.18. The molecule has 0 radical (unpaired) electrons. The Morgan fingerprint density at radius 2 is 1.88 bits per heavy atom. The van der Waals surface area contributed by atoms with Crippen LogP contribution in [0.15, 0.2) is 42.5 Å². The Bertz CT molecular complexity index is 730. The van der Waals surface area contributed by atoms with Gasteiger partial charge in [-0.25, -0.2) is 4.98 Å². The number of pyridine rings is 1. The number of benzene rings is 1. The van der Waals surface area contributed by atoms with Crippen LogP contribution < -0.4 is 5.32 Å². The van der Waals surface area contributed by atoms with Crippen molar-refractivity contribution >= 4 is 5.91 Å². The van der Waals surface area contributed by atoms with Gasteiger partial charge in [-0.2, -0.15) is 4.39 Å². The zero-order valence-corrected chi connectivity index (χ0v) is 14.0. The van der Waals surface area contributed by atoms with Crippen LogP contribution in [0.3, 0.4) is 0 Å². The van der Waals surface area contributed by atoms with E-state index in [1.54, 1.807) is 0 Å². The molecule has 0 bridgehead atoms. The molecule has 1 aliphatic heterocycles. The van der Waals surface area contributed by atoms with E-state index >= 15 is 0 Å². The molecular formula is C19H22FN3O2. The Balaban J connectivity index is 1.62. The van der Waals surface area contributed by atoms with Crippen LogP contribution in [0.4, 0.5) is 4.39 Å². The third-order valence-electron chi connectivity index (χ3n) is 4.46. The largest absolute Gasteiger partial charge is 0.393 e. The Morgan fingerprint density at radius 1 is 1.16 bits per heavy atom. The highest BCUT2D eigenvalue weighted by Crippen LogP contribution is 2.16. The van der Waals surface area contributed by atoms with Gasteiger partial charge in [-0.3, -0.25) is 9.69 Å². The van der Waals surface area contributed by atoms with Crippen molar-refractivity contribution in [1.29, 1.82) is 0 Å². The van der Waals surface area contributed by atoms with Crippen molar-refractivity contribution in [3.05, 3.63) is 65.2 Å². The highest BCUT2D eigenvalue weighted by molar-refractivity contribution is 5.92. The third kappa shape index (κ3) is 4.84.